The molecule has 2 fully saturated rings. The third-order valence-electron chi connectivity index (χ3n) is 6.68. The van der Waals surface area contributed by atoms with E-state index in [2.05, 4.69) is 15.0 Å². The molecule has 2 aliphatic heterocycles. The van der Waals surface area contributed by atoms with Crippen molar-refractivity contribution in [2.75, 3.05) is 46.0 Å². The Morgan fingerprint density at radius 2 is 1.89 bits per heavy atom. The third-order valence-corrected chi connectivity index (χ3v) is 6.68. The van der Waals surface area contributed by atoms with E-state index in [4.69, 9.17) is 15.2 Å². The number of likely N-dealkylation sites (tertiary alicyclic amines) is 1. The van der Waals surface area contributed by atoms with Gasteiger partial charge in [-0.3, -0.25) is 14.5 Å². The predicted octanol–water partition coefficient (Wildman–Crippen LogP) is 1.91. The first-order valence-corrected chi connectivity index (χ1v) is 12.1. The highest BCUT2D eigenvalue weighted by molar-refractivity contribution is 5.98. The highest BCUT2D eigenvalue weighted by atomic mass is 16.5. The Morgan fingerprint density at radius 3 is 2.66 bits per heavy atom. The van der Waals surface area contributed by atoms with E-state index < -0.39 is 5.91 Å². The van der Waals surface area contributed by atoms with Gasteiger partial charge in [0, 0.05) is 37.9 Å². The number of fused-ring (bicyclic) bond motifs is 1. The number of carbonyl (C=O) groups excluding carboxylic acids is 2. The number of morpholine rings is 1. The van der Waals surface area contributed by atoms with Gasteiger partial charge < -0.3 is 20.1 Å². The Labute approximate surface area is 203 Å². The van der Waals surface area contributed by atoms with Gasteiger partial charge in [-0.1, -0.05) is 0 Å². The van der Waals surface area contributed by atoms with Crippen molar-refractivity contribution in [1.29, 1.82) is 0 Å². The van der Waals surface area contributed by atoms with E-state index in [0.717, 1.165) is 63.6 Å². The fourth-order valence-electron chi connectivity index (χ4n) is 4.80. The summed E-state index contributed by atoms with van der Waals surface area (Å²) in [5.41, 5.74) is 7.58. The summed E-state index contributed by atoms with van der Waals surface area (Å²) in [5, 5.41) is 4.34. The van der Waals surface area contributed by atoms with Gasteiger partial charge in [-0.25, -0.2) is 9.50 Å². The molecule has 1 aromatic carbocycles. The average molecular weight is 479 g/mol. The molecule has 3 aromatic rings. The van der Waals surface area contributed by atoms with Crippen molar-refractivity contribution >= 4 is 17.5 Å². The monoisotopic (exact) mass is 478 g/mol. The molecule has 10 nitrogen and oxygen atoms in total. The van der Waals surface area contributed by atoms with Crippen LogP contribution in [-0.2, 0) is 4.74 Å². The zero-order chi connectivity index (χ0) is 24.2. The second kappa shape index (κ2) is 10.4. The molecule has 0 bridgehead atoms. The molecule has 10 heteroatoms. The van der Waals surface area contributed by atoms with Crippen LogP contribution in [0.15, 0.2) is 42.7 Å². The van der Waals surface area contributed by atoms with E-state index in [0.29, 0.717) is 24.4 Å². The minimum Gasteiger partial charge on any atom is -0.492 e. The number of carbonyl (C=O) groups is 2. The van der Waals surface area contributed by atoms with Crippen LogP contribution in [0.25, 0.3) is 5.65 Å². The second-order valence-corrected chi connectivity index (χ2v) is 8.86. The fourth-order valence-corrected chi connectivity index (χ4v) is 4.80. The molecule has 0 spiro atoms. The van der Waals surface area contributed by atoms with Crippen molar-refractivity contribution in [3.63, 3.8) is 0 Å². The minimum atomic E-state index is -0.575. The number of piperidine rings is 1. The largest absolute Gasteiger partial charge is 0.492 e. The molecule has 2 amide bonds. The SMILES string of the molecule is NC(=O)c1cnn2c([C@H]3CCCCN3C(=O)c3ccc(OCCN4CCOCC4)cc3)ccnc12. The van der Waals surface area contributed by atoms with Crippen molar-refractivity contribution in [3.05, 3.63) is 59.5 Å². The summed E-state index contributed by atoms with van der Waals surface area (Å²) in [4.78, 5) is 33.7. The number of hydrogen-bond donors (Lipinski definition) is 1. The summed E-state index contributed by atoms with van der Waals surface area (Å²) >= 11 is 0. The van der Waals surface area contributed by atoms with Crippen LogP contribution in [0.3, 0.4) is 0 Å². The van der Waals surface area contributed by atoms with Gasteiger partial charge in [-0.2, -0.15) is 5.10 Å². The van der Waals surface area contributed by atoms with Crippen LogP contribution in [0.1, 0.15) is 51.7 Å². The Bertz CT molecular complexity index is 1190. The summed E-state index contributed by atoms with van der Waals surface area (Å²) in [5.74, 6) is 0.131. The van der Waals surface area contributed by atoms with Crippen LogP contribution in [0, 0.1) is 0 Å². The first-order chi connectivity index (χ1) is 17.1. The maximum absolute atomic E-state index is 13.5. The van der Waals surface area contributed by atoms with E-state index in [1.54, 1.807) is 10.7 Å². The predicted molar refractivity (Wildman–Crippen MR) is 128 cm³/mol. The molecule has 2 aromatic heterocycles. The number of ether oxygens (including phenoxy) is 2. The van der Waals surface area contributed by atoms with Crippen LogP contribution in [0.5, 0.6) is 5.75 Å². The zero-order valence-corrected chi connectivity index (χ0v) is 19.6. The molecule has 184 valence electrons. The van der Waals surface area contributed by atoms with Crippen molar-refractivity contribution in [3.8, 4) is 5.75 Å². The first kappa shape index (κ1) is 23.3. The van der Waals surface area contributed by atoms with Gasteiger partial charge in [-0.05, 0) is 49.6 Å². The van der Waals surface area contributed by atoms with E-state index >= 15 is 0 Å². The summed E-state index contributed by atoms with van der Waals surface area (Å²) in [7, 11) is 0. The van der Waals surface area contributed by atoms with Gasteiger partial charge in [0.25, 0.3) is 11.8 Å². The molecular formula is C25H30N6O4. The lowest BCUT2D eigenvalue weighted by molar-refractivity contribution is 0.0322. The zero-order valence-electron chi connectivity index (χ0n) is 19.6. The molecule has 2 N–H and O–H groups in total. The van der Waals surface area contributed by atoms with Crippen molar-refractivity contribution in [1.82, 2.24) is 24.4 Å². The van der Waals surface area contributed by atoms with Crippen LogP contribution < -0.4 is 10.5 Å². The molecule has 0 radical (unpaired) electrons. The van der Waals surface area contributed by atoms with E-state index in [9.17, 15) is 9.59 Å². The molecule has 2 saturated heterocycles. The average Bonchev–Trinajstić information content (AvgIpc) is 3.34. The number of benzene rings is 1. The molecule has 2 aliphatic rings. The third kappa shape index (κ3) is 4.98. The summed E-state index contributed by atoms with van der Waals surface area (Å²) in [6, 6.07) is 9.02. The van der Waals surface area contributed by atoms with Gasteiger partial charge in [0.15, 0.2) is 5.65 Å². The number of hydrogen-bond acceptors (Lipinski definition) is 7. The second-order valence-electron chi connectivity index (χ2n) is 8.86. The summed E-state index contributed by atoms with van der Waals surface area (Å²) < 4.78 is 12.9. The fraction of sp³-hybridized carbons (Fsp3) is 0.440. The lowest BCUT2D eigenvalue weighted by Gasteiger charge is -2.36. The van der Waals surface area contributed by atoms with Gasteiger partial charge >= 0.3 is 0 Å². The maximum Gasteiger partial charge on any atom is 0.254 e. The van der Waals surface area contributed by atoms with Gasteiger partial charge in [0.1, 0.15) is 17.9 Å². The molecule has 35 heavy (non-hydrogen) atoms. The highest BCUT2D eigenvalue weighted by Crippen LogP contribution is 2.32. The van der Waals surface area contributed by atoms with Crippen molar-refractivity contribution < 1.29 is 19.1 Å². The standard InChI is InChI=1S/C25H30N6O4/c26-23(32)20-17-28-31-22(8-9-27-24(20)31)21-3-1-2-10-30(21)25(33)18-4-6-19(7-5-18)35-16-13-29-11-14-34-15-12-29/h4-9,17,21H,1-3,10-16H2,(H2,26,32)/t21-/m1/s1. The van der Waals surface area contributed by atoms with Gasteiger partial charge in [0.2, 0.25) is 0 Å². The number of nitrogens with zero attached hydrogens (tertiary/aromatic N) is 5. The van der Waals surface area contributed by atoms with Gasteiger partial charge in [0.05, 0.1) is 31.1 Å². The Kier molecular flexibility index (Phi) is 6.91. The lowest BCUT2D eigenvalue weighted by atomic mass is 9.97. The number of nitrogens with two attached hydrogens (primary N) is 1. The molecule has 4 heterocycles. The van der Waals surface area contributed by atoms with E-state index in [1.165, 1.54) is 6.20 Å². The highest BCUT2D eigenvalue weighted by Gasteiger charge is 2.31. The Balaban J connectivity index is 1.29. The number of aromatic nitrogens is 3. The summed E-state index contributed by atoms with van der Waals surface area (Å²) in [6.45, 7) is 5.49. The van der Waals surface area contributed by atoms with Crippen LogP contribution >= 0.6 is 0 Å². The normalized spacial score (nSPS) is 19.1. The van der Waals surface area contributed by atoms with Crippen LogP contribution in [0.4, 0.5) is 0 Å². The topological polar surface area (TPSA) is 115 Å². The lowest BCUT2D eigenvalue weighted by Crippen LogP contribution is -2.39. The number of amides is 2. The van der Waals surface area contributed by atoms with Crippen LogP contribution in [0.2, 0.25) is 0 Å². The Hall–Kier alpha value is -3.50. The van der Waals surface area contributed by atoms with Crippen molar-refractivity contribution in [2.24, 2.45) is 5.73 Å². The molecule has 5 rings (SSSR count). The van der Waals surface area contributed by atoms with Gasteiger partial charge in [-0.15, -0.1) is 0 Å². The maximum atomic E-state index is 13.5. The smallest absolute Gasteiger partial charge is 0.254 e. The molecular weight excluding hydrogens is 448 g/mol. The molecule has 0 unspecified atom stereocenters. The van der Waals surface area contributed by atoms with E-state index in [1.807, 2.05) is 35.2 Å². The quantitative estimate of drug-likeness (QED) is 0.551. The minimum absolute atomic E-state index is 0.0400. The number of primary amides is 1. The Morgan fingerprint density at radius 1 is 1.09 bits per heavy atom. The van der Waals surface area contributed by atoms with Crippen molar-refractivity contribution in [2.45, 2.75) is 25.3 Å². The molecule has 1 atom stereocenters. The summed E-state index contributed by atoms with van der Waals surface area (Å²) in [6.07, 6.45) is 5.81. The number of rotatable bonds is 7. The molecule has 0 aliphatic carbocycles. The first-order valence-electron chi connectivity index (χ1n) is 12.1. The molecule has 0 saturated carbocycles. The van der Waals surface area contributed by atoms with E-state index in [-0.39, 0.29) is 17.5 Å². The van der Waals surface area contributed by atoms with Crippen LogP contribution in [-0.4, -0.2) is 82.2 Å².